The summed E-state index contributed by atoms with van der Waals surface area (Å²) < 4.78 is 34.6. The predicted molar refractivity (Wildman–Crippen MR) is 121 cm³/mol. The van der Waals surface area contributed by atoms with Crippen molar-refractivity contribution in [3.63, 3.8) is 0 Å². The molecule has 0 bridgehead atoms. The van der Waals surface area contributed by atoms with E-state index in [0.29, 0.717) is 30.7 Å². The van der Waals surface area contributed by atoms with Crippen molar-refractivity contribution in [3.8, 4) is 11.5 Å². The van der Waals surface area contributed by atoms with Gasteiger partial charge in [0.2, 0.25) is 0 Å². The number of methoxy groups -OCH3 is 1. The van der Waals surface area contributed by atoms with Gasteiger partial charge in [-0.15, -0.1) is 24.0 Å². The van der Waals surface area contributed by atoms with Crippen molar-refractivity contribution in [2.45, 2.75) is 26.5 Å². The third kappa shape index (κ3) is 8.99. The van der Waals surface area contributed by atoms with Crippen LogP contribution in [0.2, 0.25) is 5.15 Å². The molecule has 2 aromatic rings. The molecule has 0 aliphatic carbocycles. The van der Waals surface area contributed by atoms with Gasteiger partial charge in [0.1, 0.15) is 5.15 Å². The van der Waals surface area contributed by atoms with E-state index in [2.05, 4.69) is 25.3 Å². The fourth-order valence-electron chi connectivity index (χ4n) is 2.40. The van der Waals surface area contributed by atoms with E-state index in [0.717, 1.165) is 17.5 Å². The highest BCUT2D eigenvalue weighted by Crippen LogP contribution is 2.29. The summed E-state index contributed by atoms with van der Waals surface area (Å²) in [5.74, 6) is 0.851. The molecule has 0 radical (unpaired) electrons. The van der Waals surface area contributed by atoms with Gasteiger partial charge in [0.25, 0.3) is 0 Å². The average molecular weight is 541 g/mol. The summed E-state index contributed by atoms with van der Waals surface area (Å²) >= 11 is 5.78. The zero-order valence-corrected chi connectivity index (χ0v) is 19.2. The molecule has 1 heterocycles. The Morgan fingerprint density at radius 3 is 2.55 bits per heavy atom. The van der Waals surface area contributed by atoms with Crippen molar-refractivity contribution in [1.29, 1.82) is 0 Å². The Kier molecular flexibility index (Phi) is 11.6. The smallest absolute Gasteiger partial charge is 0.387 e. The first-order valence-electron chi connectivity index (χ1n) is 8.76. The minimum absolute atomic E-state index is 0. The van der Waals surface area contributed by atoms with Crippen LogP contribution in [0.5, 0.6) is 11.5 Å². The van der Waals surface area contributed by atoms with E-state index in [1.54, 1.807) is 24.4 Å². The first-order valence-corrected chi connectivity index (χ1v) is 9.14. The van der Waals surface area contributed by atoms with Crippen LogP contribution >= 0.6 is 35.6 Å². The largest absolute Gasteiger partial charge is 0.493 e. The number of halogens is 4. The number of nitrogens with zero attached hydrogens (tertiary/aromatic N) is 2. The molecule has 2 N–H and O–H groups in total. The van der Waals surface area contributed by atoms with Gasteiger partial charge in [0.05, 0.1) is 13.7 Å². The highest BCUT2D eigenvalue weighted by molar-refractivity contribution is 14.0. The van der Waals surface area contributed by atoms with Crippen LogP contribution in [0.15, 0.2) is 41.5 Å². The van der Waals surface area contributed by atoms with E-state index < -0.39 is 6.61 Å². The molecule has 10 heteroatoms. The molecule has 0 fully saturated rings. The number of guanidine groups is 1. The monoisotopic (exact) mass is 540 g/mol. The summed E-state index contributed by atoms with van der Waals surface area (Å²) in [6.45, 7) is 0.673. The quantitative estimate of drug-likeness (QED) is 0.215. The van der Waals surface area contributed by atoms with Gasteiger partial charge in [0, 0.05) is 19.3 Å². The average Bonchev–Trinajstić information content (AvgIpc) is 2.67. The Balaban J connectivity index is 0.00000420. The minimum Gasteiger partial charge on any atom is -0.493 e. The number of alkyl halides is 2. The number of pyridine rings is 1. The molecule has 0 atom stereocenters. The van der Waals surface area contributed by atoms with Crippen LogP contribution in [-0.2, 0) is 13.0 Å². The van der Waals surface area contributed by atoms with Crippen LogP contribution < -0.4 is 20.1 Å². The molecule has 0 aliphatic rings. The van der Waals surface area contributed by atoms with Crippen LogP contribution in [0.3, 0.4) is 0 Å². The molecular formula is C19H24ClF2IN4O2. The molecule has 1 aromatic heterocycles. The van der Waals surface area contributed by atoms with Crippen molar-refractivity contribution in [1.82, 2.24) is 15.6 Å². The molecule has 0 saturated carbocycles. The Morgan fingerprint density at radius 1 is 1.17 bits per heavy atom. The summed E-state index contributed by atoms with van der Waals surface area (Å²) in [5, 5.41) is 6.83. The number of aliphatic imine (C=N–C) groups is 1. The van der Waals surface area contributed by atoms with Crippen molar-refractivity contribution in [2.75, 3.05) is 20.2 Å². The van der Waals surface area contributed by atoms with Crippen LogP contribution in [-0.4, -0.2) is 37.8 Å². The SMILES string of the molecule is CCNC(=NCc1ccc(OC)c(OC(F)F)c1)NCCc1ccc(Cl)nc1.I. The fraction of sp³-hybridized carbons (Fsp3) is 0.368. The maximum Gasteiger partial charge on any atom is 0.387 e. The van der Waals surface area contributed by atoms with Crippen LogP contribution in [0.25, 0.3) is 0 Å². The molecule has 6 nitrogen and oxygen atoms in total. The van der Waals surface area contributed by atoms with Crippen molar-refractivity contribution in [3.05, 3.63) is 52.8 Å². The second kappa shape index (κ2) is 13.4. The summed E-state index contributed by atoms with van der Waals surface area (Å²) in [7, 11) is 1.40. The van der Waals surface area contributed by atoms with Gasteiger partial charge in [-0.25, -0.2) is 9.98 Å². The zero-order valence-electron chi connectivity index (χ0n) is 16.1. The standard InChI is InChI=1S/C19H23ClF2N4O2.HI/c1-3-23-19(24-9-8-13-5-7-17(20)25-11-13)26-12-14-4-6-15(27-2)16(10-14)28-18(21)22;/h4-7,10-11,18H,3,8-9,12H2,1-2H3,(H2,23,24,26);1H. The van der Waals surface area contributed by atoms with Crippen LogP contribution in [0.1, 0.15) is 18.1 Å². The van der Waals surface area contributed by atoms with Crippen molar-refractivity contribution < 1.29 is 18.3 Å². The van der Waals surface area contributed by atoms with E-state index in [-0.39, 0.29) is 35.5 Å². The van der Waals surface area contributed by atoms with Gasteiger partial charge in [-0.2, -0.15) is 8.78 Å². The highest BCUT2D eigenvalue weighted by atomic mass is 127. The van der Waals surface area contributed by atoms with Gasteiger partial charge in [-0.05, 0) is 42.7 Å². The molecule has 1 aromatic carbocycles. The topological polar surface area (TPSA) is 67.8 Å². The molecule has 0 spiro atoms. The number of hydrogen-bond acceptors (Lipinski definition) is 4. The normalized spacial score (nSPS) is 11.0. The lowest BCUT2D eigenvalue weighted by molar-refractivity contribution is -0.0512. The molecule has 160 valence electrons. The molecule has 0 amide bonds. The summed E-state index contributed by atoms with van der Waals surface area (Å²) in [5.41, 5.74) is 1.77. The first-order chi connectivity index (χ1) is 13.5. The molecule has 0 aliphatic heterocycles. The Labute approximate surface area is 191 Å². The molecule has 2 rings (SSSR count). The van der Waals surface area contributed by atoms with Gasteiger partial charge in [-0.3, -0.25) is 0 Å². The highest BCUT2D eigenvalue weighted by Gasteiger charge is 2.11. The Hall–Kier alpha value is -1.88. The summed E-state index contributed by atoms with van der Waals surface area (Å²) in [6, 6.07) is 8.50. The van der Waals surface area contributed by atoms with E-state index in [1.165, 1.54) is 13.2 Å². The molecular weight excluding hydrogens is 517 g/mol. The second-order valence-corrected chi connectivity index (χ2v) is 6.11. The van der Waals surface area contributed by atoms with E-state index in [1.807, 2.05) is 13.0 Å². The van der Waals surface area contributed by atoms with Crippen molar-refractivity contribution in [2.24, 2.45) is 4.99 Å². The number of hydrogen-bond donors (Lipinski definition) is 2. The maximum absolute atomic E-state index is 12.5. The lowest BCUT2D eigenvalue weighted by atomic mass is 10.2. The molecule has 0 saturated heterocycles. The number of rotatable bonds is 9. The fourth-order valence-corrected chi connectivity index (χ4v) is 2.51. The summed E-state index contributed by atoms with van der Waals surface area (Å²) in [6.07, 6.45) is 2.49. The lowest BCUT2D eigenvalue weighted by Crippen LogP contribution is -2.38. The summed E-state index contributed by atoms with van der Waals surface area (Å²) in [4.78, 5) is 8.53. The number of benzene rings is 1. The van der Waals surface area contributed by atoms with Gasteiger partial charge < -0.3 is 20.1 Å². The van der Waals surface area contributed by atoms with Gasteiger partial charge >= 0.3 is 6.61 Å². The number of nitrogens with one attached hydrogen (secondary N) is 2. The van der Waals surface area contributed by atoms with E-state index >= 15 is 0 Å². The third-order valence-corrected chi connectivity index (χ3v) is 3.93. The first kappa shape index (κ1) is 25.2. The van der Waals surface area contributed by atoms with Crippen molar-refractivity contribution >= 4 is 41.5 Å². The van der Waals surface area contributed by atoms with Gasteiger partial charge in [0.15, 0.2) is 17.5 Å². The Bertz CT molecular complexity index is 779. The lowest BCUT2D eigenvalue weighted by Gasteiger charge is -2.13. The van der Waals surface area contributed by atoms with Crippen LogP contribution in [0.4, 0.5) is 8.78 Å². The molecule has 0 unspecified atom stereocenters. The number of aromatic nitrogens is 1. The predicted octanol–water partition coefficient (Wildman–Crippen LogP) is 4.26. The zero-order chi connectivity index (χ0) is 20.4. The van der Waals surface area contributed by atoms with E-state index in [9.17, 15) is 8.78 Å². The molecule has 29 heavy (non-hydrogen) atoms. The van der Waals surface area contributed by atoms with Crippen LogP contribution in [0, 0.1) is 0 Å². The second-order valence-electron chi connectivity index (χ2n) is 5.72. The third-order valence-electron chi connectivity index (χ3n) is 3.70. The Morgan fingerprint density at radius 2 is 1.93 bits per heavy atom. The van der Waals surface area contributed by atoms with E-state index in [4.69, 9.17) is 16.3 Å². The number of ether oxygens (including phenoxy) is 2. The maximum atomic E-state index is 12.5. The van der Waals surface area contributed by atoms with Gasteiger partial charge in [-0.1, -0.05) is 23.7 Å². The minimum atomic E-state index is -2.92.